The summed E-state index contributed by atoms with van der Waals surface area (Å²) in [5.41, 5.74) is 4.86. The van der Waals surface area contributed by atoms with E-state index in [0.29, 0.717) is 6.54 Å². The monoisotopic (exact) mass is 511 g/mol. The summed E-state index contributed by atoms with van der Waals surface area (Å²) < 4.78 is 7.60. The van der Waals surface area contributed by atoms with Gasteiger partial charge in [0.15, 0.2) is 5.96 Å². The van der Waals surface area contributed by atoms with Crippen LogP contribution in [0.3, 0.4) is 0 Å². The zero-order valence-corrected chi connectivity index (χ0v) is 20.5. The summed E-state index contributed by atoms with van der Waals surface area (Å²) in [4.78, 5) is 4.43. The SMILES string of the molecule is CN=C(NCc1c(C)nn(C)c1C)NCC1(c2ccccc2OC)CCCC1.I. The molecular weight excluding hydrogens is 477 g/mol. The number of aliphatic imine (C=N–C) groups is 1. The van der Waals surface area contributed by atoms with Gasteiger partial charge in [-0.15, -0.1) is 24.0 Å². The van der Waals surface area contributed by atoms with Gasteiger partial charge < -0.3 is 15.4 Å². The average molecular weight is 511 g/mol. The quantitative estimate of drug-likeness (QED) is 0.352. The second kappa shape index (κ2) is 10.3. The molecule has 1 saturated carbocycles. The Balaban J connectivity index is 0.00000300. The molecule has 0 saturated heterocycles. The van der Waals surface area contributed by atoms with Crippen LogP contribution in [0.1, 0.15) is 48.2 Å². The molecule has 1 aliphatic carbocycles. The van der Waals surface area contributed by atoms with Crippen molar-refractivity contribution in [3.8, 4) is 5.75 Å². The van der Waals surface area contributed by atoms with Crippen LogP contribution in [0.2, 0.25) is 0 Å². The van der Waals surface area contributed by atoms with Gasteiger partial charge in [0.25, 0.3) is 0 Å². The Morgan fingerprint density at radius 2 is 1.90 bits per heavy atom. The van der Waals surface area contributed by atoms with Crippen molar-refractivity contribution in [3.63, 3.8) is 0 Å². The van der Waals surface area contributed by atoms with Crippen molar-refractivity contribution in [2.24, 2.45) is 12.0 Å². The summed E-state index contributed by atoms with van der Waals surface area (Å²) in [7, 11) is 5.56. The first-order valence-electron chi connectivity index (χ1n) is 10.1. The van der Waals surface area contributed by atoms with E-state index >= 15 is 0 Å². The van der Waals surface area contributed by atoms with Crippen LogP contribution < -0.4 is 15.4 Å². The van der Waals surface area contributed by atoms with Gasteiger partial charge in [-0.05, 0) is 32.8 Å². The fraction of sp³-hybridized carbons (Fsp3) is 0.545. The van der Waals surface area contributed by atoms with E-state index in [4.69, 9.17) is 4.74 Å². The van der Waals surface area contributed by atoms with E-state index in [9.17, 15) is 0 Å². The largest absolute Gasteiger partial charge is 0.496 e. The summed E-state index contributed by atoms with van der Waals surface area (Å²) in [5, 5.41) is 11.5. The third kappa shape index (κ3) is 5.05. The van der Waals surface area contributed by atoms with Gasteiger partial charge in [-0.2, -0.15) is 5.10 Å². The zero-order valence-electron chi connectivity index (χ0n) is 18.2. The van der Waals surface area contributed by atoms with Gasteiger partial charge in [0.2, 0.25) is 0 Å². The van der Waals surface area contributed by atoms with Gasteiger partial charge in [-0.1, -0.05) is 31.0 Å². The minimum absolute atomic E-state index is 0. The van der Waals surface area contributed by atoms with Crippen LogP contribution in [-0.2, 0) is 19.0 Å². The Morgan fingerprint density at radius 1 is 1.21 bits per heavy atom. The zero-order chi connectivity index (χ0) is 20.1. The van der Waals surface area contributed by atoms with Crippen LogP contribution in [0.5, 0.6) is 5.75 Å². The fourth-order valence-corrected chi connectivity index (χ4v) is 4.39. The molecule has 1 aromatic heterocycles. The number of aromatic nitrogens is 2. The lowest BCUT2D eigenvalue weighted by Crippen LogP contribution is -2.44. The maximum absolute atomic E-state index is 5.67. The van der Waals surface area contributed by atoms with E-state index < -0.39 is 0 Å². The molecule has 0 radical (unpaired) electrons. The third-order valence-electron chi connectivity index (χ3n) is 6.15. The Labute approximate surface area is 191 Å². The van der Waals surface area contributed by atoms with Crippen molar-refractivity contribution in [2.45, 2.75) is 51.5 Å². The molecule has 1 aromatic carbocycles. The van der Waals surface area contributed by atoms with Crippen molar-refractivity contribution < 1.29 is 4.74 Å². The highest BCUT2D eigenvalue weighted by Crippen LogP contribution is 2.44. The van der Waals surface area contributed by atoms with E-state index in [1.807, 2.05) is 24.8 Å². The van der Waals surface area contributed by atoms with Crippen LogP contribution in [0, 0.1) is 13.8 Å². The van der Waals surface area contributed by atoms with Crippen molar-refractivity contribution in [1.82, 2.24) is 20.4 Å². The number of nitrogens with one attached hydrogen (secondary N) is 2. The lowest BCUT2D eigenvalue weighted by molar-refractivity contribution is 0.371. The summed E-state index contributed by atoms with van der Waals surface area (Å²) in [5.74, 6) is 1.81. The fourth-order valence-electron chi connectivity index (χ4n) is 4.39. The predicted molar refractivity (Wildman–Crippen MR) is 129 cm³/mol. The molecule has 7 heteroatoms. The molecule has 1 aliphatic rings. The van der Waals surface area contributed by atoms with E-state index in [1.54, 1.807) is 7.11 Å². The molecule has 0 bridgehead atoms. The van der Waals surface area contributed by atoms with E-state index in [2.05, 4.69) is 52.8 Å². The summed E-state index contributed by atoms with van der Waals surface area (Å²) in [6.07, 6.45) is 4.83. The Hall–Kier alpha value is -1.77. The van der Waals surface area contributed by atoms with Gasteiger partial charge in [-0.25, -0.2) is 0 Å². The molecule has 29 heavy (non-hydrogen) atoms. The van der Waals surface area contributed by atoms with Crippen LogP contribution >= 0.6 is 24.0 Å². The maximum Gasteiger partial charge on any atom is 0.191 e. The average Bonchev–Trinajstić information content (AvgIpc) is 3.28. The second-order valence-corrected chi connectivity index (χ2v) is 7.74. The van der Waals surface area contributed by atoms with Gasteiger partial charge in [0.1, 0.15) is 5.75 Å². The molecule has 160 valence electrons. The Morgan fingerprint density at radius 3 is 2.48 bits per heavy atom. The number of para-hydroxylation sites is 1. The third-order valence-corrected chi connectivity index (χ3v) is 6.15. The second-order valence-electron chi connectivity index (χ2n) is 7.74. The maximum atomic E-state index is 5.67. The smallest absolute Gasteiger partial charge is 0.191 e. The van der Waals surface area contributed by atoms with Gasteiger partial charge in [0, 0.05) is 49.4 Å². The molecule has 0 unspecified atom stereocenters. The summed E-state index contributed by atoms with van der Waals surface area (Å²) >= 11 is 0. The standard InChI is InChI=1S/C22H33N5O.HI/c1-16-18(17(2)27(4)26-16)14-24-21(23-3)25-15-22(12-8-9-13-22)19-10-6-7-11-20(19)28-5;/h6-7,10-11H,8-9,12-15H2,1-5H3,(H2,23,24,25);1H. The van der Waals surface area contributed by atoms with Crippen molar-refractivity contribution in [2.75, 3.05) is 20.7 Å². The lowest BCUT2D eigenvalue weighted by Gasteiger charge is -2.32. The van der Waals surface area contributed by atoms with E-state index in [1.165, 1.54) is 29.7 Å². The molecule has 2 aromatic rings. The number of hydrogen-bond acceptors (Lipinski definition) is 3. The summed E-state index contributed by atoms with van der Waals surface area (Å²) in [6.45, 7) is 5.71. The number of halogens is 1. The first-order chi connectivity index (χ1) is 13.5. The topological polar surface area (TPSA) is 63.5 Å². The Bertz CT molecular complexity index is 840. The summed E-state index contributed by atoms with van der Waals surface area (Å²) in [6, 6.07) is 8.43. The number of rotatable bonds is 6. The normalized spacial score (nSPS) is 15.7. The number of hydrogen-bond donors (Lipinski definition) is 2. The number of benzene rings is 1. The number of nitrogens with zero attached hydrogens (tertiary/aromatic N) is 3. The highest BCUT2D eigenvalue weighted by atomic mass is 127. The molecular formula is C22H34IN5O. The van der Waals surface area contributed by atoms with Crippen LogP contribution in [0.25, 0.3) is 0 Å². The van der Waals surface area contributed by atoms with E-state index in [-0.39, 0.29) is 29.4 Å². The van der Waals surface area contributed by atoms with Gasteiger partial charge >= 0.3 is 0 Å². The molecule has 0 spiro atoms. The van der Waals surface area contributed by atoms with Gasteiger partial charge in [-0.3, -0.25) is 9.67 Å². The molecule has 3 rings (SSSR count). The van der Waals surface area contributed by atoms with Crippen molar-refractivity contribution in [1.29, 1.82) is 0 Å². The molecule has 0 atom stereocenters. The van der Waals surface area contributed by atoms with Crippen molar-refractivity contribution in [3.05, 3.63) is 46.8 Å². The molecule has 0 aliphatic heterocycles. The molecule has 1 fully saturated rings. The number of ether oxygens (including phenoxy) is 1. The van der Waals surface area contributed by atoms with Crippen LogP contribution in [-0.4, -0.2) is 36.4 Å². The minimum Gasteiger partial charge on any atom is -0.496 e. The molecule has 2 N–H and O–H groups in total. The first-order valence-corrected chi connectivity index (χ1v) is 10.1. The van der Waals surface area contributed by atoms with Gasteiger partial charge in [0.05, 0.1) is 12.8 Å². The lowest BCUT2D eigenvalue weighted by atomic mass is 9.78. The molecule has 6 nitrogen and oxygen atoms in total. The number of methoxy groups -OCH3 is 1. The van der Waals surface area contributed by atoms with Crippen molar-refractivity contribution >= 4 is 29.9 Å². The minimum atomic E-state index is 0. The number of aryl methyl sites for hydroxylation is 2. The number of guanidine groups is 1. The predicted octanol–water partition coefficient (Wildman–Crippen LogP) is 3.84. The molecule has 1 heterocycles. The highest BCUT2D eigenvalue weighted by Gasteiger charge is 2.37. The molecule has 0 amide bonds. The van der Waals surface area contributed by atoms with E-state index in [0.717, 1.165) is 36.8 Å². The van der Waals surface area contributed by atoms with Crippen LogP contribution in [0.15, 0.2) is 29.3 Å². The first kappa shape index (κ1) is 23.5. The Kier molecular flexibility index (Phi) is 8.36. The highest BCUT2D eigenvalue weighted by molar-refractivity contribution is 14.0. The van der Waals surface area contributed by atoms with Crippen LogP contribution in [0.4, 0.5) is 0 Å².